The number of hydrogen-bond acceptors (Lipinski definition) is 2. The second-order valence-electron chi connectivity index (χ2n) is 4.96. The van der Waals surface area contributed by atoms with Crippen molar-refractivity contribution in [3.05, 3.63) is 89.5 Å². The molecular formula is C20H13NO. The minimum absolute atomic E-state index is 0.0267. The molecule has 22 heavy (non-hydrogen) atoms. The Balaban J connectivity index is 1.90. The van der Waals surface area contributed by atoms with Crippen LogP contribution < -0.4 is 0 Å². The summed E-state index contributed by atoms with van der Waals surface area (Å²) in [6.45, 7) is 0. The summed E-state index contributed by atoms with van der Waals surface area (Å²) in [5.41, 5.74) is 2.20. The van der Waals surface area contributed by atoms with E-state index >= 15 is 0 Å². The minimum atomic E-state index is -0.0267. The lowest BCUT2D eigenvalue weighted by molar-refractivity contribution is 0.104. The maximum absolute atomic E-state index is 12.4. The van der Waals surface area contributed by atoms with Crippen LogP contribution in [0.15, 0.2) is 72.8 Å². The summed E-state index contributed by atoms with van der Waals surface area (Å²) in [5, 5.41) is 10.8. The highest BCUT2D eigenvalue weighted by atomic mass is 16.1. The number of allylic oxidation sites excluding steroid dienone is 1. The first-order valence-corrected chi connectivity index (χ1v) is 6.98. The molecule has 0 amide bonds. The third-order valence-corrected chi connectivity index (χ3v) is 3.52. The van der Waals surface area contributed by atoms with Gasteiger partial charge < -0.3 is 0 Å². The zero-order chi connectivity index (χ0) is 15.4. The Morgan fingerprint density at radius 2 is 1.64 bits per heavy atom. The molecule has 0 saturated carbocycles. The molecular weight excluding hydrogens is 270 g/mol. The van der Waals surface area contributed by atoms with Gasteiger partial charge in [-0.1, -0.05) is 60.7 Å². The first kappa shape index (κ1) is 13.8. The highest BCUT2D eigenvalue weighted by molar-refractivity contribution is 6.14. The van der Waals surface area contributed by atoms with Crippen LogP contribution in [-0.4, -0.2) is 5.78 Å². The van der Waals surface area contributed by atoms with Crippen molar-refractivity contribution in [3.63, 3.8) is 0 Å². The summed E-state index contributed by atoms with van der Waals surface area (Å²) in [7, 11) is 0. The van der Waals surface area contributed by atoms with Gasteiger partial charge in [-0.3, -0.25) is 4.79 Å². The Morgan fingerprint density at radius 1 is 0.909 bits per heavy atom. The van der Waals surface area contributed by atoms with Crippen LogP contribution in [0.3, 0.4) is 0 Å². The number of carbonyl (C=O) groups is 1. The van der Waals surface area contributed by atoms with Crippen LogP contribution in [-0.2, 0) is 0 Å². The highest BCUT2D eigenvalue weighted by Gasteiger charge is 2.06. The van der Waals surface area contributed by atoms with Crippen molar-refractivity contribution < 1.29 is 4.79 Å². The molecule has 0 aliphatic heterocycles. The predicted molar refractivity (Wildman–Crippen MR) is 88.5 cm³/mol. The van der Waals surface area contributed by atoms with Gasteiger partial charge >= 0.3 is 0 Å². The molecule has 0 N–H and O–H groups in total. The number of nitriles is 1. The predicted octanol–water partition coefficient (Wildman–Crippen LogP) is 4.61. The number of benzene rings is 3. The number of hydrogen-bond donors (Lipinski definition) is 0. The van der Waals surface area contributed by atoms with Gasteiger partial charge in [0.15, 0.2) is 5.78 Å². The average Bonchev–Trinajstić information content (AvgIpc) is 2.59. The van der Waals surface area contributed by atoms with Crippen molar-refractivity contribution >= 4 is 22.6 Å². The molecule has 0 radical (unpaired) electrons. The SMILES string of the molecule is N#Cc1ccc(/C=C/C(=O)c2cccc3ccccc23)cc1. The molecule has 0 fully saturated rings. The summed E-state index contributed by atoms with van der Waals surface area (Å²) >= 11 is 0. The second-order valence-corrected chi connectivity index (χ2v) is 4.96. The molecule has 0 aliphatic carbocycles. The molecule has 0 aliphatic rings. The first-order chi connectivity index (χ1) is 10.8. The van der Waals surface area contributed by atoms with Crippen molar-refractivity contribution in [1.29, 1.82) is 5.26 Å². The Labute approximate surface area is 128 Å². The molecule has 0 unspecified atom stereocenters. The fraction of sp³-hybridized carbons (Fsp3) is 0. The van der Waals surface area contributed by atoms with Crippen LogP contribution in [0.4, 0.5) is 0 Å². The van der Waals surface area contributed by atoms with Crippen molar-refractivity contribution in [2.45, 2.75) is 0 Å². The molecule has 0 spiro atoms. The summed E-state index contributed by atoms with van der Waals surface area (Å²) in [5.74, 6) is -0.0267. The molecule has 2 nitrogen and oxygen atoms in total. The maximum Gasteiger partial charge on any atom is 0.186 e. The second kappa shape index (κ2) is 6.07. The fourth-order valence-electron chi connectivity index (χ4n) is 2.37. The van der Waals surface area contributed by atoms with Gasteiger partial charge in [-0.25, -0.2) is 0 Å². The first-order valence-electron chi connectivity index (χ1n) is 6.98. The van der Waals surface area contributed by atoms with E-state index in [4.69, 9.17) is 5.26 Å². The molecule has 104 valence electrons. The topological polar surface area (TPSA) is 40.9 Å². The van der Waals surface area contributed by atoms with E-state index in [9.17, 15) is 4.79 Å². The van der Waals surface area contributed by atoms with Gasteiger partial charge in [0, 0.05) is 5.56 Å². The minimum Gasteiger partial charge on any atom is -0.289 e. The molecule has 3 aromatic rings. The Morgan fingerprint density at radius 3 is 2.41 bits per heavy atom. The van der Waals surface area contributed by atoms with Crippen LogP contribution in [0.5, 0.6) is 0 Å². The normalized spacial score (nSPS) is 10.7. The summed E-state index contributed by atoms with van der Waals surface area (Å²) in [6, 6.07) is 22.8. The Bertz CT molecular complexity index is 894. The van der Waals surface area contributed by atoms with Gasteiger partial charge in [-0.2, -0.15) is 5.26 Å². The van der Waals surface area contributed by atoms with Crippen LogP contribution in [0.25, 0.3) is 16.8 Å². The van der Waals surface area contributed by atoms with Crippen LogP contribution in [0.1, 0.15) is 21.5 Å². The van der Waals surface area contributed by atoms with Gasteiger partial charge in [-0.05, 0) is 34.5 Å². The third-order valence-electron chi connectivity index (χ3n) is 3.52. The van der Waals surface area contributed by atoms with Crippen molar-refractivity contribution in [2.75, 3.05) is 0 Å². The van der Waals surface area contributed by atoms with Gasteiger partial charge in [-0.15, -0.1) is 0 Å². The van der Waals surface area contributed by atoms with E-state index < -0.39 is 0 Å². The molecule has 3 aromatic carbocycles. The van der Waals surface area contributed by atoms with Gasteiger partial charge in [0.2, 0.25) is 0 Å². The smallest absolute Gasteiger partial charge is 0.186 e. The van der Waals surface area contributed by atoms with Gasteiger partial charge in [0.25, 0.3) is 0 Å². The lowest BCUT2D eigenvalue weighted by atomic mass is 10.0. The number of carbonyl (C=O) groups excluding carboxylic acids is 1. The lowest BCUT2D eigenvalue weighted by Crippen LogP contribution is -1.95. The van der Waals surface area contributed by atoms with E-state index in [1.54, 1.807) is 24.3 Å². The van der Waals surface area contributed by atoms with Crippen molar-refractivity contribution in [3.8, 4) is 6.07 Å². The molecule has 2 heteroatoms. The quantitative estimate of drug-likeness (QED) is 0.520. The number of ketones is 1. The molecule has 0 saturated heterocycles. The molecule has 3 rings (SSSR count). The molecule has 0 heterocycles. The highest BCUT2D eigenvalue weighted by Crippen LogP contribution is 2.19. The van der Waals surface area contributed by atoms with Crippen molar-refractivity contribution in [1.82, 2.24) is 0 Å². The summed E-state index contributed by atoms with van der Waals surface area (Å²) < 4.78 is 0. The molecule has 0 bridgehead atoms. The summed E-state index contributed by atoms with van der Waals surface area (Å²) in [6.07, 6.45) is 3.34. The monoisotopic (exact) mass is 283 g/mol. The fourth-order valence-corrected chi connectivity index (χ4v) is 2.37. The number of fused-ring (bicyclic) bond motifs is 1. The van der Waals surface area contributed by atoms with Crippen LogP contribution in [0.2, 0.25) is 0 Å². The van der Waals surface area contributed by atoms with Gasteiger partial charge in [0.1, 0.15) is 0 Å². The van der Waals surface area contributed by atoms with Crippen LogP contribution >= 0.6 is 0 Å². The average molecular weight is 283 g/mol. The standard InChI is InChI=1S/C20H13NO/c21-14-16-10-8-15(9-11-16)12-13-20(22)19-7-3-5-17-4-1-2-6-18(17)19/h1-13H/b13-12+. The molecule has 0 aromatic heterocycles. The molecule has 0 atom stereocenters. The Kier molecular flexibility index (Phi) is 3.80. The van der Waals surface area contributed by atoms with E-state index in [0.29, 0.717) is 11.1 Å². The van der Waals surface area contributed by atoms with Crippen LogP contribution in [0, 0.1) is 11.3 Å². The third kappa shape index (κ3) is 2.79. The largest absolute Gasteiger partial charge is 0.289 e. The van der Waals surface area contributed by atoms with E-state index in [1.165, 1.54) is 0 Å². The lowest BCUT2D eigenvalue weighted by Gasteiger charge is -2.02. The Hall–Kier alpha value is -3.18. The van der Waals surface area contributed by atoms with E-state index in [0.717, 1.165) is 16.3 Å². The van der Waals surface area contributed by atoms with E-state index in [1.807, 2.05) is 54.6 Å². The van der Waals surface area contributed by atoms with E-state index in [-0.39, 0.29) is 5.78 Å². The number of nitrogens with zero attached hydrogens (tertiary/aromatic N) is 1. The van der Waals surface area contributed by atoms with E-state index in [2.05, 4.69) is 6.07 Å². The van der Waals surface area contributed by atoms with Crippen molar-refractivity contribution in [2.24, 2.45) is 0 Å². The number of rotatable bonds is 3. The summed E-state index contributed by atoms with van der Waals surface area (Å²) in [4.78, 5) is 12.4. The van der Waals surface area contributed by atoms with Gasteiger partial charge in [0.05, 0.1) is 11.6 Å². The zero-order valence-electron chi connectivity index (χ0n) is 11.9. The zero-order valence-corrected chi connectivity index (χ0v) is 11.9. The maximum atomic E-state index is 12.4.